The van der Waals surface area contributed by atoms with Crippen LogP contribution in [0.5, 0.6) is 0 Å². The zero-order valence-electron chi connectivity index (χ0n) is 12.5. The summed E-state index contributed by atoms with van der Waals surface area (Å²) in [5.74, 6) is -0.0404. The smallest absolute Gasteiger partial charge is 0.202 e. The zero-order valence-corrected chi connectivity index (χ0v) is 12.5. The van der Waals surface area contributed by atoms with Crippen molar-refractivity contribution in [3.8, 4) is 0 Å². The van der Waals surface area contributed by atoms with Crippen LogP contribution in [0, 0.1) is 5.92 Å². The van der Waals surface area contributed by atoms with Crippen molar-refractivity contribution in [1.29, 1.82) is 0 Å². The van der Waals surface area contributed by atoms with Crippen molar-refractivity contribution in [2.75, 3.05) is 0 Å². The van der Waals surface area contributed by atoms with Crippen LogP contribution in [-0.4, -0.2) is 6.29 Å². The fraction of sp³-hybridized carbons (Fsp3) is 0.190. The maximum Gasteiger partial charge on any atom is 0.202 e. The Balaban J connectivity index is 1.67. The summed E-state index contributed by atoms with van der Waals surface area (Å²) in [6.45, 7) is 0. The lowest BCUT2D eigenvalue weighted by molar-refractivity contribution is 0.504. The maximum absolute atomic E-state index is 11.3. The number of rotatable bonds is 6. The Morgan fingerprint density at radius 1 is 0.773 bits per heavy atom. The molecule has 1 atom stereocenters. The van der Waals surface area contributed by atoms with Gasteiger partial charge < -0.3 is 0 Å². The van der Waals surface area contributed by atoms with Gasteiger partial charge in [0.1, 0.15) is 0 Å². The number of hydrogen-bond acceptors (Lipinski definition) is 1. The molecular weight excluding hydrogens is 268 g/mol. The highest BCUT2D eigenvalue weighted by atomic mass is 16.1. The Kier molecular flexibility index (Phi) is 4.65. The molecule has 0 saturated heterocycles. The van der Waals surface area contributed by atoms with Gasteiger partial charge in [-0.3, -0.25) is 4.79 Å². The summed E-state index contributed by atoms with van der Waals surface area (Å²) >= 11 is 0. The average Bonchev–Trinajstić information content (AvgIpc) is 2.59. The molecule has 1 unspecified atom stereocenters. The van der Waals surface area contributed by atoms with Crippen LogP contribution >= 0.6 is 0 Å². The highest BCUT2D eigenvalue weighted by Crippen LogP contribution is 2.19. The van der Waals surface area contributed by atoms with E-state index in [0.717, 1.165) is 19.3 Å². The van der Waals surface area contributed by atoms with Gasteiger partial charge in [-0.05, 0) is 41.2 Å². The second-order valence-electron chi connectivity index (χ2n) is 5.72. The Morgan fingerprint density at radius 2 is 1.50 bits per heavy atom. The van der Waals surface area contributed by atoms with Gasteiger partial charge in [0.25, 0.3) is 0 Å². The molecular formula is C21H19O. The molecule has 0 N–H and O–H groups in total. The van der Waals surface area contributed by atoms with Crippen molar-refractivity contribution >= 4 is 17.1 Å². The van der Waals surface area contributed by atoms with Crippen molar-refractivity contribution < 1.29 is 4.79 Å². The van der Waals surface area contributed by atoms with E-state index in [9.17, 15) is 4.79 Å². The summed E-state index contributed by atoms with van der Waals surface area (Å²) in [5.41, 5.74) is 2.49. The molecule has 3 rings (SSSR count). The molecule has 1 heteroatoms. The first kappa shape index (κ1) is 14.5. The third-order valence-electron chi connectivity index (χ3n) is 4.09. The number of carbonyl (C=O) groups excluding carboxylic acids is 1. The van der Waals surface area contributed by atoms with Gasteiger partial charge in [0, 0.05) is 5.92 Å². The summed E-state index contributed by atoms with van der Waals surface area (Å²) in [6.07, 6.45) is 4.76. The third kappa shape index (κ3) is 3.62. The van der Waals surface area contributed by atoms with Crippen LogP contribution in [-0.2, 0) is 17.6 Å². The topological polar surface area (TPSA) is 17.1 Å². The molecule has 0 spiro atoms. The van der Waals surface area contributed by atoms with E-state index in [-0.39, 0.29) is 5.92 Å². The molecule has 0 heterocycles. The first-order valence-corrected chi connectivity index (χ1v) is 7.74. The predicted octanol–water partition coefficient (Wildman–Crippen LogP) is 4.74. The van der Waals surface area contributed by atoms with Crippen molar-refractivity contribution in [3.05, 3.63) is 83.9 Å². The van der Waals surface area contributed by atoms with E-state index in [1.54, 1.807) is 0 Å². The molecule has 3 aromatic rings. The molecule has 0 saturated carbocycles. The fourth-order valence-electron chi connectivity index (χ4n) is 2.84. The van der Waals surface area contributed by atoms with Crippen molar-refractivity contribution in [1.82, 2.24) is 0 Å². The molecule has 1 radical (unpaired) electrons. The number of benzene rings is 3. The molecule has 0 aliphatic heterocycles. The van der Waals surface area contributed by atoms with Crippen LogP contribution in [0.2, 0.25) is 0 Å². The second kappa shape index (κ2) is 7.04. The van der Waals surface area contributed by atoms with Gasteiger partial charge in [-0.2, -0.15) is 0 Å². The summed E-state index contributed by atoms with van der Waals surface area (Å²) in [5, 5.41) is 2.47. The average molecular weight is 287 g/mol. The number of hydrogen-bond donors (Lipinski definition) is 0. The van der Waals surface area contributed by atoms with Crippen LogP contribution in [0.4, 0.5) is 0 Å². The van der Waals surface area contributed by atoms with Gasteiger partial charge in [-0.1, -0.05) is 72.8 Å². The Hall–Kier alpha value is -2.41. The van der Waals surface area contributed by atoms with Crippen LogP contribution in [0.15, 0.2) is 72.8 Å². The number of aryl methyl sites for hydroxylation is 1. The Labute approximate surface area is 131 Å². The van der Waals surface area contributed by atoms with E-state index in [2.05, 4.69) is 48.8 Å². The molecule has 3 aromatic carbocycles. The van der Waals surface area contributed by atoms with Crippen molar-refractivity contribution in [2.45, 2.75) is 19.3 Å². The van der Waals surface area contributed by atoms with Crippen LogP contribution in [0.3, 0.4) is 0 Å². The lowest BCUT2D eigenvalue weighted by Gasteiger charge is -2.10. The summed E-state index contributed by atoms with van der Waals surface area (Å²) in [7, 11) is 0. The van der Waals surface area contributed by atoms with Gasteiger partial charge in [0.15, 0.2) is 0 Å². The highest BCUT2D eigenvalue weighted by Gasteiger charge is 2.10. The maximum atomic E-state index is 11.3. The summed E-state index contributed by atoms with van der Waals surface area (Å²) in [6, 6.07) is 25.1. The number of fused-ring (bicyclic) bond motifs is 1. The first-order valence-electron chi connectivity index (χ1n) is 7.74. The Morgan fingerprint density at radius 3 is 2.27 bits per heavy atom. The van der Waals surface area contributed by atoms with Crippen molar-refractivity contribution in [2.24, 2.45) is 5.92 Å². The Bertz CT molecular complexity index is 746. The van der Waals surface area contributed by atoms with Crippen LogP contribution in [0.25, 0.3) is 10.8 Å². The molecule has 0 amide bonds. The van der Waals surface area contributed by atoms with Crippen molar-refractivity contribution in [3.63, 3.8) is 0 Å². The van der Waals surface area contributed by atoms with Gasteiger partial charge >= 0.3 is 0 Å². The standard InChI is InChI=1S/C21H19O/c22-16-19(11-10-17-6-2-1-3-7-17)14-18-12-13-20-8-4-5-9-21(20)15-18/h1-9,12-13,15,19H,10-11,14H2. The minimum absolute atomic E-state index is 0.0404. The molecule has 1 nitrogen and oxygen atoms in total. The molecule has 109 valence electrons. The second-order valence-corrected chi connectivity index (χ2v) is 5.72. The molecule has 0 aliphatic carbocycles. The normalized spacial score (nSPS) is 12.2. The molecule has 0 aliphatic rings. The summed E-state index contributed by atoms with van der Waals surface area (Å²) in [4.78, 5) is 11.3. The largest absolute Gasteiger partial charge is 0.291 e. The monoisotopic (exact) mass is 287 g/mol. The third-order valence-corrected chi connectivity index (χ3v) is 4.09. The summed E-state index contributed by atoms with van der Waals surface area (Å²) < 4.78 is 0. The molecule has 0 bridgehead atoms. The minimum atomic E-state index is -0.0404. The van der Waals surface area contributed by atoms with E-state index in [1.165, 1.54) is 21.9 Å². The molecule has 22 heavy (non-hydrogen) atoms. The van der Waals surface area contributed by atoms with E-state index >= 15 is 0 Å². The van der Waals surface area contributed by atoms with Gasteiger partial charge in [0.2, 0.25) is 6.29 Å². The zero-order chi connectivity index (χ0) is 15.2. The first-order chi connectivity index (χ1) is 10.8. The van der Waals surface area contributed by atoms with Gasteiger partial charge in [0.05, 0.1) is 0 Å². The van der Waals surface area contributed by atoms with Gasteiger partial charge in [-0.25, -0.2) is 0 Å². The SMILES string of the molecule is O=[C]C(CCc1ccccc1)Cc1ccc2ccccc2c1. The van der Waals surface area contributed by atoms with E-state index in [1.807, 2.05) is 30.3 Å². The van der Waals surface area contributed by atoms with E-state index in [0.29, 0.717) is 0 Å². The van der Waals surface area contributed by atoms with Gasteiger partial charge in [-0.15, -0.1) is 0 Å². The lowest BCUT2D eigenvalue weighted by atomic mass is 9.93. The lowest BCUT2D eigenvalue weighted by Crippen LogP contribution is -2.07. The highest BCUT2D eigenvalue weighted by molar-refractivity contribution is 5.83. The molecule has 0 fully saturated rings. The quantitative estimate of drug-likeness (QED) is 0.640. The van der Waals surface area contributed by atoms with E-state index < -0.39 is 0 Å². The predicted molar refractivity (Wildman–Crippen MR) is 91.6 cm³/mol. The minimum Gasteiger partial charge on any atom is -0.291 e. The van der Waals surface area contributed by atoms with E-state index in [4.69, 9.17) is 0 Å². The molecule has 0 aromatic heterocycles. The van der Waals surface area contributed by atoms with Crippen LogP contribution in [0.1, 0.15) is 17.5 Å². The fourth-order valence-corrected chi connectivity index (χ4v) is 2.84. The van der Waals surface area contributed by atoms with Crippen LogP contribution < -0.4 is 0 Å².